The number of nitrogens with zero attached hydrogens (tertiary/aromatic N) is 1. The maximum Gasteiger partial charge on any atom is 0.574 e. The zero-order valence-electron chi connectivity index (χ0n) is 9.27. The lowest BCUT2D eigenvalue weighted by molar-refractivity contribution is -0.276. The number of rotatable bonds is 3. The molecule has 2 N–H and O–H groups in total. The molecule has 0 unspecified atom stereocenters. The van der Waals surface area contributed by atoms with Crippen molar-refractivity contribution in [2.24, 2.45) is 5.73 Å². The number of carbonyl (C=O) groups excluding carboxylic acids is 1. The number of hydrogen-bond donors (Lipinski definition) is 1. The molecule has 0 saturated heterocycles. The number of ether oxygens (including phenoxy) is 1. The second-order valence-corrected chi connectivity index (χ2v) is 3.70. The van der Waals surface area contributed by atoms with E-state index in [1.54, 1.807) is 0 Å². The fraction of sp³-hybridized carbons (Fsp3) is 0.333. The van der Waals surface area contributed by atoms with Crippen molar-refractivity contribution in [2.75, 3.05) is 0 Å². The molecule has 0 aliphatic carbocycles. The third-order valence-electron chi connectivity index (χ3n) is 2.06. The smallest absolute Gasteiger partial charge is 0.388 e. The summed E-state index contributed by atoms with van der Waals surface area (Å²) in [6, 6.07) is 0. The van der Waals surface area contributed by atoms with E-state index in [1.165, 1.54) is 0 Å². The first-order valence-corrected chi connectivity index (χ1v) is 5.10. The lowest BCUT2D eigenvalue weighted by atomic mass is 10.0. The molecule has 1 aromatic heterocycles. The van der Waals surface area contributed by atoms with Crippen LogP contribution < -0.4 is 10.5 Å². The molecule has 0 aliphatic rings. The highest BCUT2D eigenvalue weighted by molar-refractivity contribution is 6.68. The molecule has 0 spiro atoms. The van der Waals surface area contributed by atoms with E-state index in [4.69, 9.17) is 17.3 Å². The average molecular weight is 323 g/mol. The summed E-state index contributed by atoms with van der Waals surface area (Å²) in [5, 5.41) is -1.62. The molecule has 1 rings (SSSR count). The standard InChI is InChI=1S/C9H5ClF6N2O2/c10-6(19)5-3(1-17)7(20-9(14,15)16)18-2-4(5)8(11,12)13/h2H,1,17H2. The van der Waals surface area contributed by atoms with Gasteiger partial charge < -0.3 is 10.5 Å². The Bertz CT molecular complexity index is 528. The molecule has 1 aromatic rings. The number of hydrogen-bond acceptors (Lipinski definition) is 4. The number of halogens is 7. The van der Waals surface area contributed by atoms with E-state index in [1.807, 2.05) is 0 Å². The van der Waals surface area contributed by atoms with Gasteiger partial charge in [0.15, 0.2) is 0 Å². The molecule has 11 heteroatoms. The minimum absolute atomic E-state index is 0.0237. The van der Waals surface area contributed by atoms with Crippen molar-refractivity contribution < 1.29 is 35.9 Å². The van der Waals surface area contributed by atoms with Crippen molar-refractivity contribution in [3.63, 3.8) is 0 Å². The maximum absolute atomic E-state index is 12.6. The highest BCUT2D eigenvalue weighted by Crippen LogP contribution is 2.37. The fourth-order valence-electron chi connectivity index (χ4n) is 1.36. The third kappa shape index (κ3) is 3.73. The van der Waals surface area contributed by atoms with E-state index in [2.05, 4.69) is 9.72 Å². The quantitative estimate of drug-likeness (QED) is 0.686. The van der Waals surface area contributed by atoms with Gasteiger partial charge in [0.1, 0.15) is 0 Å². The molecule has 0 radical (unpaired) electrons. The van der Waals surface area contributed by atoms with Gasteiger partial charge in [-0.25, -0.2) is 4.98 Å². The van der Waals surface area contributed by atoms with Gasteiger partial charge >= 0.3 is 12.5 Å². The zero-order chi connectivity index (χ0) is 15.7. The number of aromatic nitrogens is 1. The van der Waals surface area contributed by atoms with E-state index < -0.39 is 46.9 Å². The molecule has 0 aliphatic heterocycles. The van der Waals surface area contributed by atoms with E-state index in [0.717, 1.165) is 0 Å². The predicted octanol–water partition coefficient (Wildman–Crippen LogP) is 2.84. The van der Waals surface area contributed by atoms with Gasteiger partial charge in [-0.3, -0.25) is 4.79 Å². The van der Waals surface area contributed by atoms with Crippen LogP contribution in [-0.2, 0) is 12.7 Å². The maximum atomic E-state index is 12.6. The molecular formula is C9H5ClF6N2O2. The van der Waals surface area contributed by atoms with Crippen LogP contribution in [0.1, 0.15) is 21.5 Å². The van der Waals surface area contributed by atoms with Crippen molar-refractivity contribution in [1.29, 1.82) is 0 Å². The van der Waals surface area contributed by atoms with Gasteiger partial charge in [-0.05, 0) is 11.6 Å². The van der Waals surface area contributed by atoms with Crippen LogP contribution in [0.25, 0.3) is 0 Å². The highest BCUT2D eigenvalue weighted by Gasteiger charge is 2.40. The van der Waals surface area contributed by atoms with Crippen molar-refractivity contribution in [1.82, 2.24) is 4.98 Å². The first kappa shape index (κ1) is 16.5. The lowest BCUT2D eigenvalue weighted by Crippen LogP contribution is -2.23. The van der Waals surface area contributed by atoms with Crippen molar-refractivity contribution in [3.05, 3.63) is 22.9 Å². The number of pyridine rings is 1. The van der Waals surface area contributed by atoms with E-state index in [-0.39, 0.29) is 6.20 Å². The average Bonchev–Trinajstić information content (AvgIpc) is 2.24. The molecule has 0 aromatic carbocycles. The third-order valence-corrected chi connectivity index (χ3v) is 2.25. The number of carbonyl (C=O) groups is 1. The Hall–Kier alpha value is -1.55. The topological polar surface area (TPSA) is 65.2 Å². The SMILES string of the molecule is NCc1c(OC(F)(F)F)ncc(C(F)(F)F)c1C(=O)Cl. The van der Waals surface area contributed by atoms with Crippen LogP contribution in [0, 0.1) is 0 Å². The highest BCUT2D eigenvalue weighted by atomic mass is 35.5. The Labute approximate surface area is 112 Å². The predicted molar refractivity (Wildman–Crippen MR) is 54.0 cm³/mol. The van der Waals surface area contributed by atoms with Crippen LogP contribution in [0.3, 0.4) is 0 Å². The molecule has 1 heterocycles. The molecule has 0 fully saturated rings. The summed E-state index contributed by atoms with van der Waals surface area (Å²) < 4.78 is 77.6. The van der Waals surface area contributed by atoms with Crippen LogP contribution in [-0.4, -0.2) is 16.6 Å². The summed E-state index contributed by atoms with van der Waals surface area (Å²) >= 11 is 4.98. The molecule has 112 valence electrons. The normalized spacial score (nSPS) is 12.4. The minimum atomic E-state index is -5.21. The molecule has 20 heavy (non-hydrogen) atoms. The van der Waals surface area contributed by atoms with Crippen molar-refractivity contribution >= 4 is 16.8 Å². The summed E-state index contributed by atoms with van der Waals surface area (Å²) in [5.41, 5.74) is 1.37. The molecule has 0 atom stereocenters. The van der Waals surface area contributed by atoms with Crippen molar-refractivity contribution in [3.8, 4) is 5.88 Å². The van der Waals surface area contributed by atoms with Gasteiger partial charge in [0.05, 0.1) is 11.1 Å². The molecule has 0 saturated carbocycles. The zero-order valence-corrected chi connectivity index (χ0v) is 10.0. The Morgan fingerprint density at radius 3 is 2.20 bits per heavy atom. The Kier molecular flexibility index (Phi) is 4.49. The van der Waals surface area contributed by atoms with Gasteiger partial charge in [0.2, 0.25) is 5.88 Å². The van der Waals surface area contributed by atoms with Crippen LogP contribution >= 0.6 is 11.6 Å². The summed E-state index contributed by atoms with van der Waals surface area (Å²) in [7, 11) is 0. The minimum Gasteiger partial charge on any atom is -0.388 e. The second-order valence-electron chi connectivity index (χ2n) is 3.35. The van der Waals surface area contributed by atoms with Crippen LogP contribution in [0.15, 0.2) is 6.20 Å². The molecular weight excluding hydrogens is 318 g/mol. The first-order chi connectivity index (χ1) is 8.97. The van der Waals surface area contributed by atoms with E-state index in [0.29, 0.717) is 0 Å². The first-order valence-electron chi connectivity index (χ1n) is 4.72. The monoisotopic (exact) mass is 322 g/mol. The van der Waals surface area contributed by atoms with Crippen LogP contribution in [0.4, 0.5) is 26.3 Å². The Morgan fingerprint density at radius 2 is 1.85 bits per heavy atom. The summed E-state index contributed by atoms with van der Waals surface area (Å²) in [4.78, 5) is 13.9. The number of alkyl halides is 6. The van der Waals surface area contributed by atoms with Crippen LogP contribution in [0.2, 0.25) is 0 Å². The molecule has 4 nitrogen and oxygen atoms in total. The van der Waals surface area contributed by atoms with Gasteiger partial charge in [0.25, 0.3) is 5.24 Å². The van der Waals surface area contributed by atoms with Gasteiger partial charge in [0, 0.05) is 18.3 Å². The Balaban J connectivity index is 3.54. The summed E-state index contributed by atoms with van der Waals surface area (Å²) in [6.45, 7) is -0.851. The Morgan fingerprint density at radius 1 is 1.30 bits per heavy atom. The van der Waals surface area contributed by atoms with Crippen molar-refractivity contribution in [2.45, 2.75) is 19.1 Å². The van der Waals surface area contributed by atoms with Crippen LogP contribution in [0.5, 0.6) is 5.88 Å². The fourth-order valence-corrected chi connectivity index (χ4v) is 1.58. The van der Waals surface area contributed by atoms with Gasteiger partial charge in [-0.1, -0.05) is 0 Å². The second kappa shape index (κ2) is 5.44. The van der Waals surface area contributed by atoms with Gasteiger partial charge in [-0.15, -0.1) is 13.2 Å². The summed E-state index contributed by atoms with van der Waals surface area (Å²) in [5.74, 6) is -1.25. The molecule has 0 bridgehead atoms. The largest absolute Gasteiger partial charge is 0.574 e. The molecule has 0 amide bonds. The van der Waals surface area contributed by atoms with E-state index >= 15 is 0 Å². The lowest BCUT2D eigenvalue weighted by Gasteiger charge is -2.17. The van der Waals surface area contributed by atoms with Gasteiger partial charge in [-0.2, -0.15) is 13.2 Å². The number of nitrogens with two attached hydrogens (primary N) is 1. The van der Waals surface area contributed by atoms with E-state index in [9.17, 15) is 31.1 Å². The summed E-state index contributed by atoms with van der Waals surface area (Å²) in [6.07, 6.45) is -10.2.